The maximum atomic E-state index is 12.0. The number of rotatable bonds is 9. The molecule has 0 radical (unpaired) electrons. The topological polar surface area (TPSA) is 127 Å². The minimum Gasteiger partial charge on any atom is -0.494 e. The molecule has 5 N–H and O–H groups in total. The molecule has 8 nitrogen and oxygen atoms in total. The van der Waals surface area contributed by atoms with E-state index in [1.165, 1.54) is 0 Å². The number of carboxylic acids is 1. The summed E-state index contributed by atoms with van der Waals surface area (Å²) in [6, 6.07) is 10.9. The van der Waals surface area contributed by atoms with Crippen molar-refractivity contribution >= 4 is 17.5 Å². The summed E-state index contributed by atoms with van der Waals surface area (Å²) in [7, 11) is 0. The van der Waals surface area contributed by atoms with Gasteiger partial charge in [-0.1, -0.05) is 0 Å². The van der Waals surface area contributed by atoms with Gasteiger partial charge in [-0.3, -0.25) is 5.41 Å². The number of hydrogen-bond acceptors (Lipinski definition) is 6. The lowest BCUT2D eigenvalue weighted by molar-refractivity contribution is -0.138. The van der Waals surface area contributed by atoms with Gasteiger partial charge < -0.3 is 30.4 Å². The third kappa shape index (κ3) is 5.64. The van der Waals surface area contributed by atoms with E-state index < -0.39 is 12.0 Å². The van der Waals surface area contributed by atoms with Crippen LogP contribution in [-0.2, 0) is 9.53 Å². The Kier molecular flexibility index (Phi) is 7.13. The lowest BCUT2D eigenvalue weighted by Crippen LogP contribution is -2.26. The Morgan fingerprint density at radius 2 is 1.90 bits per heavy atom. The highest BCUT2D eigenvalue weighted by Gasteiger charge is 2.23. The number of aliphatic carboxylic acids is 1. The van der Waals surface area contributed by atoms with E-state index in [2.05, 4.69) is 5.32 Å². The molecule has 0 unspecified atom stereocenters. The van der Waals surface area contributed by atoms with Crippen molar-refractivity contribution in [2.75, 3.05) is 25.1 Å². The summed E-state index contributed by atoms with van der Waals surface area (Å²) < 4.78 is 17.1. The second kappa shape index (κ2) is 9.98. The van der Waals surface area contributed by atoms with Gasteiger partial charge in [-0.2, -0.15) is 0 Å². The zero-order valence-electron chi connectivity index (χ0n) is 16.9. The molecule has 8 heteroatoms. The molecule has 0 aliphatic carbocycles. The Hall–Kier alpha value is -3.26. The van der Waals surface area contributed by atoms with Gasteiger partial charge in [-0.25, -0.2) is 4.79 Å². The average molecular weight is 413 g/mol. The smallest absolute Gasteiger partial charge is 0.330 e. The molecular formula is C22H27N3O5. The largest absolute Gasteiger partial charge is 0.494 e. The number of amidine groups is 1. The van der Waals surface area contributed by atoms with Crippen molar-refractivity contribution in [2.24, 2.45) is 5.73 Å². The molecule has 0 amide bonds. The summed E-state index contributed by atoms with van der Waals surface area (Å²) in [4.78, 5) is 12.0. The molecule has 160 valence electrons. The Morgan fingerprint density at radius 1 is 1.23 bits per heavy atom. The standard InChI is InChI=1S/C22H27N3O5/c1-2-29-18-11-15(12-19(13-18)30-17-7-9-28-10-8-17)20(22(26)27)25-16-5-3-14(4-6-16)21(23)24/h3-6,11-13,17,20,25H,2,7-10H2,1H3,(H3,23,24)(H,26,27)/t20-/m1/s1. The van der Waals surface area contributed by atoms with Crippen molar-refractivity contribution in [3.63, 3.8) is 0 Å². The van der Waals surface area contributed by atoms with E-state index in [1.807, 2.05) is 6.92 Å². The number of nitrogens with one attached hydrogen (secondary N) is 2. The number of nitrogens with two attached hydrogens (primary N) is 1. The van der Waals surface area contributed by atoms with Gasteiger partial charge in [0.25, 0.3) is 0 Å². The van der Waals surface area contributed by atoms with Gasteiger partial charge in [0.15, 0.2) is 6.04 Å². The maximum Gasteiger partial charge on any atom is 0.330 e. The molecule has 1 aliphatic heterocycles. The molecule has 30 heavy (non-hydrogen) atoms. The van der Waals surface area contributed by atoms with Gasteiger partial charge >= 0.3 is 5.97 Å². The maximum absolute atomic E-state index is 12.0. The second-order valence-electron chi connectivity index (χ2n) is 7.01. The number of carboxylic acid groups (broad SMARTS) is 1. The molecule has 1 fully saturated rings. The lowest BCUT2D eigenvalue weighted by Gasteiger charge is -2.24. The molecular weight excluding hydrogens is 386 g/mol. The average Bonchev–Trinajstić information content (AvgIpc) is 2.73. The number of ether oxygens (including phenoxy) is 3. The first-order valence-electron chi connectivity index (χ1n) is 9.92. The SMILES string of the molecule is CCOc1cc(OC2CCOCC2)cc([C@@H](Nc2ccc(C(=N)N)cc2)C(=O)O)c1. The molecule has 2 aromatic rings. The van der Waals surface area contributed by atoms with Gasteiger partial charge in [0, 0.05) is 30.2 Å². The van der Waals surface area contributed by atoms with Crippen LogP contribution in [0.15, 0.2) is 42.5 Å². The molecule has 1 aliphatic rings. The number of hydrogen-bond donors (Lipinski definition) is 4. The fourth-order valence-electron chi connectivity index (χ4n) is 3.27. The van der Waals surface area contributed by atoms with Gasteiger partial charge in [0.05, 0.1) is 19.8 Å². The van der Waals surface area contributed by atoms with Crippen LogP contribution in [0.3, 0.4) is 0 Å². The van der Waals surface area contributed by atoms with Crippen molar-refractivity contribution in [1.82, 2.24) is 0 Å². The monoisotopic (exact) mass is 413 g/mol. The van der Waals surface area contributed by atoms with E-state index in [1.54, 1.807) is 42.5 Å². The molecule has 0 saturated carbocycles. The molecule has 1 saturated heterocycles. The third-order valence-electron chi connectivity index (χ3n) is 4.77. The normalized spacial score (nSPS) is 15.2. The van der Waals surface area contributed by atoms with Crippen LogP contribution in [0.25, 0.3) is 0 Å². The Bertz CT molecular complexity index is 879. The highest BCUT2D eigenvalue weighted by atomic mass is 16.5. The van der Waals surface area contributed by atoms with Gasteiger partial charge in [0.1, 0.15) is 23.4 Å². The zero-order valence-corrected chi connectivity index (χ0v) is 16.9. The molecule has 3 rings (SSSR count). The lowest BCUT2D eigenvalue weighted by atomic mass is 10.0. The first-order valence-corrected chi connectivity index (χ1v) is 9.92. The molecule has 1 heterocycles. The van der Waals surface area contributed by atoms with E-state index in [4.69, 9.17) is 25.4 Å². The first kappa shape index (κ1) is 21.4. The van der Waals surface area contributed by atoms with E-state index in [0.717, 1.165) is 12.8 Å². The van der Waals surface area contributed by atoms with Crippen LogP contribution >= 0.6 is 0 Å². The van der Waals surface area contributed by atoms with Gasteiger partial charge in [-0.15, -0.1) is 0 Å². The fraction of sp³-hybridized carbons (Fsp3) is 0.364. The third-order valence-corrected chi connectivity index (χ3v) is 4.77. The fourth-order valence-corrected chi connectivity index (χ4v) is 3.27. The minimum atomic E-state index is -1.03. The summed E-state index contributed by atoms with van der Waals surface area (Å²) in [6.45, 7) is 3.63. The van der Waals surface area contributed by atoms with Crippen molar-refractivity contribution in [2.45, 2.75) is 31.9 Å². The minimum absolute atomic E-state index is 0.0267. The van der Waals surface area contributed by atoms with Crippen molar-refractivity contribution in [1.29, 1.82) is 5.41 Å². The summed E-state index contributed by atoms with van der Waals surface area (Å²) in [5.74, 6) is 0.0480. The summed E-state index contributed by atoms with van der Waals surface area (Å²) in [6.07, 6.45) is 1.60. The quantitative estimate of drug-likeness (QED) is 0.367. The Morgan fingerprint density at radius 3 is 2.50 bits per heavy atom. The van der Waals surface area contributed by atoms with Crippen LogP contribution in [0.5, 0.6) is 11.5 Å². The van der Waals surface area contributed by atoms with Crippen LogP contribution in [0, 0.1) is 5.41 Å². The Balaban J connectivity index is 1.86. The van der Waals surface area contributed by atoms with Crippen molar-refractivity contribution in [3.05, 3.63) is 53.6 Å². The summed E-state index contributed by atoms with van der Waals surface area (Å²) >= 11 is 0. The number of nitrogen functional groups attached to an aromatic ring is 1. The van der Waals surface area contributed by atoms with E-state index >= 15 is 0 Å². The van der Waals surface area contributed by atoms with Crippen molar-refractivity contribution in [3.8, 4) is 11.5 Å². The van der Waals surface area contributed by atoms with Crippen LogP contribution in [-0.4, -0.2) is 42.8 Å². The van der Waals surface area contributed by atoms with Crippen LogP contribution < -0.4 is 20.5 Å². The van der Waals surface area contributed by atoms with E-state index in [9.17, 15) is 9.90 Å². The summed E-state index contributed by atoms with van der Waals surface area (Å²) in [5, 5.41) is 20.3. The van der Waals surface area contributed by atoms with E-state index in [0.29, 0.717) is 48.1 Å². The molecule has 0 spiro atoms. The molecule has 0 aromatic heterocycles. The van der Waals surface area contributed by atoms with Gasteiger partial charge in [0.2, 0.25) is 0 Å². The first-order chi connectivity index (χ1) is 14.5. The van der Waals surface area contributed by atoms with Crippen LogP contribution in [0.2, 0.25) is 0 Å². The van der Waals surface area contributed by atoms with Gasteiger partial charge in [-0.05, 0) is 48.9 Å². The molecule has 0 bridgehead atoms. The zero-order chi connectivity index (χ0) is 21.5. The van der Waals surface area contributed by atoms with Crippen molar-refractivity contribution < 1.29 is 24.1 Å². The summed E-state index contributed by atoms with van der Waals surface area (Å²) in [5.41, 5.74) is 7.16. The Labute approximate surface area is 175 Å². The molecule has 1 atom stereocenters. The predicted molar refractivity (Wildman–Crippen MR) is 114 cm³/mol. The van der Waals surface area contributed by atoms with Crippen LogP contribution in [0.1, 0.15) is 36.9 Å². The number of carbonyl (C=O) groups is 1. The van der Waals surface area contributed by atoms with E-state index in [-0.39, 0.29) is 11.9 Å². The second-order valence-corrected chi connectivity index (χ2v) is 7.01. The van der Waals surface area contributed by atoms with Crippen LogP contribution in [0.4, 0.5) is 5.69 Å². The predicted octanol–water partition coefficient (Wildman–Crippen LogP) is 3.16. The highest BCUT2D eigenvalue weighted by molar-refractivity contribution is 5.95. The number of anilines is 1. The molecule has 2 aromatic carbocycles. The number of benzene rings is 2. The highest BCUT2D eigenvalue weighted by Crippen LogP contribution is 2.30.